The summed E-state index contributed by atoms with van der Waals surface area (Å²) in [7, 11) is 2.19. The van der Waals surface area contributed by atoms with Crippen LogP contribution in [0.25, 0.3) is 0 Å². The van der Waals surface area contributed by atoms with Crippen molar-refractivity contribution in [3.63, 3.8) is 0 Å². The molecule has 76 valence electrons. The molecule has 2 atom stereocenters. The Bertz CT molecular complexity index is 176. The molecule has 2 N–H and O–H groups in total. The molecule has 0 radical (unpaired) electrons. The second-order valence-electron chi connectivity index (χ2n) is 4.01. The summed E-state index contributed by atoms with van der Waals surface area (Å²) >= 11 is 0. The van der Waals surface area contributed by atoms with Gasteiger partial charge in [0, 0.05) is 38.8 Å². The minimum absolute atomic E-state index is 0.422. The number of morpholine rings is 1. The molecule has 0 amide bonds. The predicted octanol–water partition coefficient (Wildman–Crippen LogP) is -1.04. The number of hydrogen-bond acceptors (Lipinski definition) is 4. The normalized spacial score (nSPS) is 36.5. The van der Waals surface area contributed by atoms with Crippen LogP contribution in [0.4, 0.5) is 0 Å². The standard InChI is InChI=1S/C9H19N3O/c1-11-4-5-13-9-7-12(3-2-10)6-8(9)11/h8-9H,2-7,10H2,1H3. The molecule has 0 aromatic heterocycles. The van der Waals surface area contributed by atoms with Gasteiger partial charge < -0.3 is 10.5 Å². The number of ether oxygens (including phenoxy) is 1. The maximum absolute atomic E-state index is 5.72. The van der Waals surface area contributed by atoms with Gasteiger partial charge in [-0.05, 0) is 7.05 Å². The van der Waals surface area contributed by atoms with Crippen molar-refractivity contribution < 1.29 is 4.74 Å². The van der Waals surface area contributed by atoms with Crippen LogP contribution in [0.15, 0.2) is 0 Å². The fraction of sp³-hybridized carbons (Fsp3) is 1.00. The van der Waals surface area contributed by atoms with E-state index in [1.54, 1.807) is 0 Å². The Balaban J connectivity index is 1.92. The van der Waals surface area contributed by atoms with Gasteiger partial charge in [0.2, 0.25) is 0 Å². The molecule has 0 aromatic carbocycles. The summed E-state index contributed by atoms with van der Waals surface area (Å²) in [6.45, 7) is 5.89. The molecule has 0 spiro atoms. The summed E-state index contributed by atoms with van der Waals surface area (Å²) in [6, 6.07) is 0.597. The lowest BCUT2D eigenvalue weighted by atomic mass is 10.1. The summed E-state index contributed by atoms with van der Waals surface area (Å²) in [4.78, 5) is 4.81. The molecule has 0 aromatic rings. The molecule has 2 unspecified atom stereocenters. The minimum atomic E-state index is 0.422. The van der Waals surface area contributed by atoms with Gasteiger partial charge in [0.1, 0.15) is 0 Å². The quantitative estimate of drug-likeness (QED) is 0.597. The first-order valence-corrected chi connectivity index (χ1v) is 5.05. The van der Waals surface area contributed by atoms with E-state index in [1.165, 1.54) is 0 Å². The number of likely N-dealkylation sites (tertiary alicyclic amines) is 1. The van der Waals surface area contributed by atoms with E-state index in [9.17, 15) is 0 Å². The van der Waals surface area contributed by atoms with Crippen molar-refractivity contribution in [1.82, 2.24) is 9.80 Å². The maximum Gasteiger partial charge on any atom is 0.0869 e. The molecule has 2 saturated heterocycles. The van der Waals surface area contributed by atoms with Gasteiger partial charge in [0.25, 0.3) is 0 Å². The summed E-state index contributed by atoms with van der Waals surface area (Å²) in [5.74, 6) is 0. The summed E-state index contributed by atoms with van der Waals surface area (Å²) in [5, 5.41) is 0. The van der Waals surface area contributed by atoms with Crippen LogP contribution in [0, 0.1) is 0 Å². The molecule has 4 heteroatoms. The number of likely N-dealkylation sites (N-methyl/N-ethyl adjacent to an activating group) is 1. The minimum Gasteiger partial charge on any atom is -0.374 e. The Morgan fingerprint density at radius 2 is 2.31 bits per heavy atom. The van der Waals surface area contributed by atoms with E-state index in [4.69, 9.17) is 10.5 Å². The highest BCUT2D eigenvalue weighted by Crippen LogP contribution is 2.20. The van der Waals surface area contributed by atoms with Crippen molar-refractivity contribution in [3.8, 4) is 0 Å². The van der Waals surface area contributed by atoms with Crippen LogP contribution in [-0.2, 0) is 4.74 Å². The van der Waals surface area contributed by atoms with Crippen LogP contribution < -0.4 is 5.73 Å². The SMILES string of the molecule is CN1CCOC2CN(CCN)CC21. The van der Waals surface area contributed by atoms with Crippen LogP contribution in [0.1, 0.15) is 0 Å². The zero-order valence-corrected chi connectivity index (χ0v) is 8.28. The lowest BCUT2D eigenvalue weighted by Gasteiger charge is -2.33. The lowest BCUT2D eigenvalue weighted by Crippen LogP contribution is -2.48. The topological polar surface area (TPSA) is 41.7 Å². The predicted molar refractivity (Wildman–Crippen MR) is 51.7 cm³/mol. The number of rotatable bonds is 2. The van der Waals surface area contributed by atoms with Gasteiger partial charge in [-0.15, -0.1) is 0 Å². The number of nitrogens with zero attached hydrogens (tertiary/aromatic N) is 2. The van der Waals surface area contributed by atoms with E-state index in [2.05, 4.69) is 16.8 Å². The van der Waals surface area contributed by atoms with Crippen molar-refractivity contribution in [2.75, 3.05) is 46.4 Å². The van der Waals surface area contributed by atoms with E-state index in [-0.39, 0.29) is 0 Å². The molecule has 2 fully saturated rings. The second kappa shape index (κ2) is 3.92. The first-order valence-electron chi connectivity index (χ1n) is 5.05. The lowest BCUT2D eigenvalue weighted by molar-refractivity contribution is -0.0369. The number of fused-ring (bicyclic) bond motifs is 1. The van der Waals surface area contributed by atoms with Gasteiger partial charge in [-0.3, -0.25) is 9.80 Å². The monoisotopic (exact) mass is 185 g/mol. The third kappa shape index (κ3) is 1.86. The zero-order valence-electron chi connectivity index (χ0n) is 8.28. The van der Waals surface area contributed by atoms with Crippen LogP contribution >= 0.6 is 0 Å². The first kappa shape index (κ1) is 9.40. The molecular weight excluding hydrogens is 166 g/mol. The maximum atomic E-state index is 5.72. The van der Waals surface area contributed by atoms with Gasteiger partial charge in [0.05, 0.1) is 12.7 Å². The Labute approximate surface area is 79.6 Å². The third-order valence-corrected chi connectivity index (χ3v) is 3.10. The van der Waals surface area contributed by atoms with Crippen LogP contribution in [0.5, 0.6) is 0 Å². The van der Waals surface area contributed by atoms with E-state index in [0.717, 1.165) is 39.3 Å². The highest BCUT2D eigenvalue weighted by molar-refractivity contribution is 4.93. The average molecular weight is 185 g/mol. The highest BCUT2D eigenvalue weighted by Gasteiger charge is 2.37. The molecule has 13 heavy (non-hydrogen) atoms. The van der Waals surface area contributed by atoms with Crippen LogP contribution in [0.3, 0.4) is 0 Å². The van der Waals surface area contributed by atoms with Gasteiger partial charge >= 0.3 is 0 Å². The molecule has 0 aliphatic carbocycles. The Hall–Kier alpha value is -0.160. The average Bonchev–Trinajstić information content (AvgIpc) is 2.49. The zero-order chi connectivity index (χ0) is 9.26. The fourth-order valence-corrected chi connectivity index (χ4v) is 2.30. The van der Waals surface area contributed by atoms with Crippen LogP contribution in [0.2, 0.25) is 0 Å². The Morgan fingerprint density at radius 3 is 3.00 bits per heavy atom. The van der Waals surface area contributed by atoms with E-state index >= 15 is 0 Å². The van der Waals surface area contributed by atoms with Crippen LogP contribution in [-0.4, -0.2) is 68.3 Å². The van der Waals surface area contributed by atoms with Gasteiger partial charge in [-0.2, -0.15) is 0 Å². The largest absolute Gasteiger partial charge is 0.374 e. The first-order chi connectivity index (χ1) is 6.31. The van der Waals surface area contributed by atoms with Crippen molar-refractivity contribution in [1.29, 1.82) is 0 Å². The van der Waals surface area contributed by atoms with Crippen molar-refractivity contribution in [3.05, 3.63) is 0 Å². The molecule has 0 saturated carbocycles. The van der Waals surface area contributed by atoms with Gasteiger partial charge in [-0.1, -0.05) is 0 Å². The highest BCUT2D eigenvalue weighted by atomic mass is 16.5. The third-order valence-electron chi connectivity index (χ3n) is 3.10. The van der Waals surface area contributed by atoms with Crippen molar-refractivity contribution in [2.24, 2.45) is 5.73 Å². The molecule has 4 nitrogen and oxygen atoms in total. The molecule has 2 heterocycles. The number of nitrogens with two attached hydrogens (primary N) is 1. The van der Waals surface area contributed by atoms with E-state index < -0.39 is 0 Å². The van der Waals surface area contributed by atoms with Gasteiger partial charge in [-0.25, -0.2) is 0 Å². The Kier molecular flexibility index (Phi) is 2.83. The molecule has 2 rings (SSSR count). The van der Waals surface area contributed by atoms with E-state index in [1.807, 2.05) is 0 Å². The summed E-state index contributed by atoms with van der Waals surface area (Å²) in [5.41, 5.74) is 5.54. The molecule has 2 aliphatic heterocycles. The number of hydrogen-bond donors (Lipinski definition) is 1. The van der Waals surface area contributed by atoms with Gasteiger partial charge in [0.15, 0.2) is 0 Å². The molecule has 0 bridgehead atoms. The molecule has 2 aliphatic rings. The fourth-order valence-electron chi connectivity index (χ4n) is 2.30. The smallest absolute Gasteiger partial charge is 0.0869 e. The summed E-state index contributed by atoms with van der Waals surface area (Å²) in [6.07, 6.45) is 0.422. The Morgan fingerprint density at radius 1 is 1.46 bits per heavy atom. The van der Waals surface area contributed by atoms with Crippen molar-refractivity contribution in [2.45, 2.75) is 12.1 Å². The summed E-state index contributed by atoms with van der Waals surface area (Å²) < 4.78 is 5.72. The molecular formula is C9H19N3O. The second-order valence-corrected chi connectivity index (χ2v) is 4.01. The van der Waals surface area contributed by atoms with Crippen molar-refractivity contribution >= 4 is 0 Å². The van der Waals surface area contributed by atoms with E-state index in [0.29, 0.717) is 12.1 Å².